The average molecular weight is 365 g/mol. The van der Waals surface area contributed by atoms with E-state index in [1.807, 2.05) is 0 Å². The zero-order chi connectivity index (χ0) is 16.3. The molecule has 2 aromatic carbocycles. The Bertz CT molecular complexity index is 768. The van der Waals surface area contributed by atoms with E-state index in [-0.39, 0.29) is 21.3 Å². The summed E-state index contributed by atoms with van der Waals surface area (Å²) in [5.41, 5.74) is 5.98. The van der Waals surface area contributed by atoms with E-state index in [1.54, 1.807) is 0 Å². The Morgan fingerprint density at radius 2 is 1.77 bits per heavy atom. The van der Waals surface area contributed by atoms with Crippen molar-refractivity contribution in [2.24, 2.45) is 0 Å². The standard InChI is InChI=1S/C13H11ClF2N2O2S2/c14-11-6-5-10(7-12(11)17)22(19,20)18-8-1-3-9(4-2-8)21-13(15)16/h1-7,13,18H,17H2. The number of alkyl halides is 2. The predicted molar refractivity (Wildman–Crippen MR) is 85.0 cm³/mol. The molecule has 0 unspecified atom stereocenters. The molecule has 0 aliphatic carbocycles. The van der Waals surface area contributed by atoms with Crippen molar-refractivity contribution >= 4 is 44.8 Å². The molecule has 0 aliphatic heterocycles. The van der Waals surface area contributed by atoms with Crippen LogP contribution in [-0.2, 0) is 10.0 Å². The van der Waals surface area contributed by atoms with Gasteiger partial charge in [-0.25, -0.2) is 8.42 Å². The number of hydrogen-bond donors (Lipinski definition) is 2. The fourth-order valence-corrected chi connectivity index (χ4v) is 3.32. The molecular formula is C13H11ClF2N2O2S2. The molecule has 2 rings (SSSR count). The van der Waals surface area contributed by atoms with Crippen molar-refractivity contribution in [3.05, 3.63) is 47.5 Å². The van der Waals surface area contributed by atoms with E-state index >= 15 is 0 Å². The molecular weight excluding hydrogens is 354 g/mol. The molecule has 0 aromatic heterocycles. The number of nitrogens with one attached hydrogen (secondary N) is 1. The molecule has 22 heavy (non-hydrogen) atoms. The lowest BCUT2D eigenvalue weighted by Crippen LogP contribution is -2.13. The van der Waals surface area contributed by atoms with Crippen LogP contribution >= 0.6 is 23.4 Å². The second-order valence-corrected chi connectivity index (χ2v) is 7.34. The van der Waals surface area contributed by atoms with Crippen molar-refractivity contribution in [2.75, 3.05) is 10.5 Å². The summed E-state index contributed by atoms with van der Waals surface area (Å²) in [4.78, 5) is 0.300. The van der Waals surface area contributed by atoms with Crippen molar-refractivity contribution in [1.29, 1.82) is 0 Å². The highest BCUT2D eigenvalue weighted by atomic mass is 35.5. The molecule has 3 N–H and O–H groups in total. The summed E-state index contributed by atoms with van der Waals surface area (Å²) in [5.74, 6) is -2.53. The van der Waals surface area contributed by atoms with Gasteiger partial charge in [-0.1, -0.05) is 23.4 Å². The average Bonchev–Trinajstić information content (AvgIpc) is 2.43. The SMILES string of the molecule is Nc1cc(S(=O)(=O)Nc2ccc(SC(F)F)cc2)ccc1Cl. The lowest BCUT2D eigenvalue weighted by Gasteiger charge is -2.10. The molecule has 118 valence electrons. The molecule has 0 fully saturated rings. The molecule has 9 heteroatoms. The molecule has 0 atom stereocenters. The van der Waals surface area contributed by atoms with Crippen LogP contribution in [0.1, 0.15) is 0 Å². The van der Waals surface area contributed by atoms with Crippen molar-refractivity contribution < 1.29 is 17.2 Å². The van der Waals surface area contributed by atoms with Crippen LogP contribution in [0, 0.1) is 0 Å². The molecule has 0 radical (unpaired) electrons. The molecule has 0 aliphatic rings. The van der Waals surface area contributed by atoms with Gasteiger partial charge in [0, 0.05) is 10.6 Å². The molecule has 0 saturated carbocycles. The van der Waals surface area contributed by atoms with E-state index in [0.717, 1.165) is 0 Å². The first-order valence-electron chi connectivity index (χ1n) is 5.90. The van der Waals surface area contributed by atoms with Crippen LogP contribution in [0.15, 0.2) is 52.3 Å². The minimum Gasteiger partial charge on any atom is -0.397 e. The Morgan fingerprint density at radius 1 is 1.14 bits per heavy atom. The summed E-state index contributed by atoms with van der Waals surface area (Å²) in [6.07, 6.45) is 0. The zero-order valence-electron chi connectivity index (χ0n) is 11.0. The first-order valence-corrected chi connectivity index (χ1v) is 8.65. The number of sulfonamides is 1. The van der Waals surface area contributed by atoms with Gasteiger partial charge in [-0.3, -0.25) is 4.72 Å². The third kappa shape index (κ3) is 4.25. The Balaban J connectivity index is 2.19. The minimum atomic E-state index is -3.83. The van der Waals surface area contributed by atoms with Crippen LogP contribution in [0.25, 0.3) is 0 Å². The van der Waals surface area contributed by atoms with Crippen LogP contribution in [0.5, 0.6) is 0 Å². The van der Waals surface area contributed by atoms with Gasteiger partial charge in [0.2, 0.25) is 0 Å². The van der Waals surface area contributed by atoms with Crippen molar-refractivity contribution in [3.63, 3.8) is 0 Å². The van der Waals surface area contributed by atoms with Gasteiger partial charge in [0.05, 0.1) is 15.6 Å². The summed E-state index contributed by atoms with van der Waals surface area (Å²) in [7, 11) is -3.83. The van der Waals surface area contributed by atoms with E-state index in [2.05, 4.69) is 4.72 Å². The van der Waals surface area contributed by atoms with Crippen LogP contribution in [0.4, 0.5) is 20.2 Å². The van der Waals surface area contributed by atoms with E-state index in [4.69, 9.17) is 17.3 Å². The maximum absolute atomic E-state index is 12.2. The lowest BCUT2D eigenvalue weighted by molar-refractivity contribution is 0.252. The van der Waals surface area contributed by atoms with Gasteiger partial charge in [0.1, 0.15) is 0 Å². The topological polar surface area (TPSA) is 72.2 Å². The summed E-state index contributed by atoms with van der Waals surface area (Å²) in [6.45, 7) is 0. The largest absolute Gasteiger partial charge is 0.397 e. The second-order valence-electron chi connectivity index (χ2n) is 4.19. The molecule has 2 aromatic rings. The van der Waals surface area contributed by atoms with E-state index in [0.29, 0.717) is 16.7 Å². The number of halogens is 3. The minimum absolute atomic E-state index is 0.0413. The highest BCUT2D eigenvalue weighted by molar-refractivity contribution is 7.99. The van der Waals surface area contributed by atoms with Crippen LogP contribution in [-0.4, -0.2) is 14.2 Å². The number of anilines is 2. The predicted octanol–water partition coefficient (Wildman–Crippen LogP) is 4.04. The van der Waals surface area contributed by atoms with Gasteiger partial charge in [0.25, 0.3) is 15.8 Å². The summed E-state index contributed by atoms with van der Waals surface area (Å²) in [5, 5.41) is 0.257. The molecule has 0 spiro atoms. The number of hydrogen-bond acceptors (Lipinski definition) is 4. The summed E-state index contributed by atoms with van der Waals surface area (Å²) >= 11 is 6.13. The molecule has 0 amide bonds. The molecule has 0 bridgehead atoms. The summed E-state index contributed by atoms with van der Waals surface area (Å²) < 4.78 is 51.1. The highest BCUT2D eigenvalue weighted by Crippen LogP contribution is 2.27. The van der Waals surface area contributed by atoms with E-state index in [1.165, 1.54) is 42.5 Å². The summed E-state index contributed by atoms with van der Waals surface area (Å²) in [6, 6.07) is 9.57. The Labute approximate surface area is 135 Å². The second kappa shape index (κ2) is 6.72. The van der Waals surface area contributed by atoms with E-state index < -0.39 is 15.8 Å². The highest BCUT2D eigenvalue weighted by Gasteiger charge is 2.15. The van der Waals surface area contributed by atoms with Gasteiger partial charge in [-0.15, -0.1) is 0 Å². The Morgan fingerprint density at radius 3 is 2.32 bits per heavy atom. The van der Waals surface area contributed by atoms with Crippen molar-refractivity contribution in [1.82, 2.24) is 0 Å². The quantitative estimate of drug-likeness (QED) is 0.620. The number of benzene rings is 2. The third-order valence-electron chi connectivity index (χ3n) is 2.61. The Kier molecular flexibility index (Phi) is 5.15. The smallest absolute Gasteiger partial charge is 0.288 e. The first kappa shape index (κ1) is 16.9. The number of nitrogen functional groups attached to an aromatic ring is 1. The zero-order valence-corrected chi connectivity index (χ0v) is 13.4. The maximum Gasteiger partial charge on any atom is 0.288 e. The monoisotopic (exact) mass is 364 g/mol. The van der Waals surface area contributed by atoms with Crippen molar-refractivity contribution in [2.45, 2.75) is 15.5 Å². The van der Waals surface area contributed by atoms with Gasteiger partial charge in [-0.2, -0.15) is 8.78 Å². The van der Waals surface area contributed by atoms with E-state index in [9.17, 15) is 17.2 Å². The van der Waals surface area contributed by atoms with Crippen LogP contribution in [0.3, 0.4) is 0 Å². The third-order valence-corrected chi connectivity index (χ3v) is 5.06. The molecule has 4 nitrogen and oxygen atoms in total. The fraction of sp³-hybridized carbons (Fsp3) is 0.0769. The van der Waals surface area contributed by atoms with Gasteiger partial charge >= 0.3 is 0 Å². The van der Waals surface area contributed by atoms with Gasteiger partial charge in [-0.05, 0) is 42.5 Å². The van der Waals surface area contributed by atoms with Gasteiger partial charge < -0.3 is 5.73 Å². The first-order chi connectivity index (χ1) is 10.3. The molecule has 0 heterocycles. The normalized spacial score (nSPS) is 11.6. The Hall–Kier alpha value is -1.51. The van der Waals surface area contributed by atoms with Crippen LogP contribution < -0.4 is 10.5 Å². The number of thioether (sulfide) groups is 1. The van der Waals surface area contributed by atoms with Gasteiger partial charge in [0.15, 0.2) is 0 Å². The molecule has 0 saturated heterocycles. The maximum atomic E-state index is 12.2. The lowest BCUT2D eigenvalue weighted by atomic mass is 10.3. The fourth-order valence-electron chi connectivity index (χ4n) is 1.61. The van der Waals surface area contributed by atoms with Crippen LogP contribution in [0.2, 0.25) is 5.02 Å². The van der Waals surface area contributed by atoms with Crippen molar-refractivity contribution in [3.8, 4) is 0 Å². The number of nitrogens with two attached hydrogens (primary N) is 1. The number of rotatable bonds is 5.